The van der Waals surface area contributed by atoms with Crippen molar-refractivity contribution < 1.29 is 9.90 Å². The van der Waals surface area contributed by atoms with Gasteiger partial charge in [0.1, 0.15) is 6.04 Å². The van der Waals surface area contributed by atoms with Gasteiger partial charge in [0.2, 0.25) is 5.91 Å². The molecule has 1 atom stereocenters. The van der Waals surface area contributed by atoms with Crippen LogP contribution in [0.4, 0.5) is 0 Å². The molecule has 0 radical (unpaired) electrons. The van der Waals surface area contributed by atoms with Crippen LogP contribution in [0, 0.1) is 6.92 Å². The summed E-state index contributed by atoms with van der Waals surface area (Å²) >= 11 is 0. The summed E-state index contributed by atoms with van der Waals surface area (Å²) in [5.74, 6) is -0.0876. The maximum Gasteiger partial charge on any atom is 0.244 e. The van der Waals surface area contributed by atoms with Gasteiger partial charge in [0.05, 0.1) is 6.61 Å². The van der Waals surface area contributed by atoms with Crippen molar-refractivity contribution in [1.29, 1.82) is 0 Å². The smallest absolute Gasteiger partial charge is 0.244 e. The van der Waals surface area contributed by atoms with Crippen LogP contribution in [0.5, 0.6) is 0 Å². The summed E-state index contributed by atoms with van der Waals surface area (Å²) in [5.41, 5.74) is 7.99. The third-order valence-corrected chi connectivity index (χ3v) is 3.31. The number of rotatable bonds is 5. The highest BCUT2D eigenvalue weighted by molar-refractivity contribution is 5.83. The Balaban J connectivity index is 2.08. The zero-order chi connectivity index (χ0) is 13.1. The lowest BCUT2D eigenvalue weighted by atomic mass is 10.0. The second-order valence-electron chi connectivity index (χ2n) is 4.87. The number of carbonyl (C=O) groups excluding carboxylic acids is 1. The summed E-state index contributed by atoms with van der Waals surface area (Å²) in [6.07, 6.45) is 2.04. The molecular weight excluding hydrogens is 228 g/mol. The van der Waals surface area contributed by atoms with Crippen molar-refractivity contribution in [2.75, 3.05) is 13.2 Å². The van der Waals surface area contributed by atoms with Gasteiger partial charge in [-0.1, -0.05) is 29.8 Å². The molecular formula is C14H20N2O2. The van der Waals surface area contributed by atoms with Gasteiger partial charge in [-0.2, -0.15) is 0 Å². The highest BCUT2D eigenvalue weighted by Crippen LogP contribution is 2.28. The van der Waals surface area contributed by atoms with Crippen molar-refractivity contribution in [2.45, 2.75) is 31.8 Å². The van der Waals surface area contributed by atoms with E-state index in [-0.39, 0.29) is 18.6 Å². The minimum Gasteiger partial charge on any atom is -0.395 e. The second-order valence-corrected chi connectivity index (χ2v) is 4.87. The van der Waals surface area contributed by atoms with Crippen molar-refractivity contribution in [2.24, 2.45) is 5.73 Å². The van der Waals surface area contributed by atoms with Crippen molar-refractivity contribution in [1.82, 2.24) is 4.90 Å². The van der Waals surface area contributed by atoms with Crippen molar-refractivity contribution in [3.05, 3.63) is 35.4 Å². The standard InChI is InChI=1S/C14H20N2O2/c1-10-2-4-11(5-3-10)13(15)14(18)16(8-9-17)12-6-7-12/h2-5,12-13,17H,6-9,15H2,1H3. The van der Waals surface area contributed by atoms with Crippen LogP contribution in [0.1, 0.15) is 30.0 Å². The van der Waals surface area contributed by atoms with Crippen LogP contribution in [-0.4, -0.2) is 35.1 Å². The van der Waals surface area contributed by atoms with Gasteiger partial charge >= 0.3 is 0 Å². The van der Waals surface area contributed by atoms with E-state index in [4.69, 9.17) is 10.8 Å². The number of hydrogen-bond acceptors (Lipinski definition) is 3. The maximum absolute atomic E-state index is 12.3. The largest absolute Gasteiger partial charge is 0.395 e. The summed E-state index contributed by atoms with van der Waals surface area (Å²) in [5, 5.41) is 9.02. The molecule has 1 saturated carbocycles. The number of nitrogens with two attached hydrogens (primary N) is 1. The Bertz CT molecular complexity index is 412. The first-order valence-corrected chi connectivity index (χ1v) is 6.37. The molecule has 4 heteroatoms. The average molecular weight is 248 g/mol. The molecule has 1 aromatic rings. The predicted octanol–water partition coefficient (Wildman–Crippen LogP) is 0.978. The van der Waals surface area contributed by atoms with Crippen molar-refractivity contribution in [3.63, 3.8) is 0 Å². The molecule has 3 N–H and O–H groups in total. The van der Waals surface area contributed by atoms with Gasteiger partial charge in [0.15, 0.2) is 0 Å². The van der Waals surface area contributed by atoms with Gasteiger partial charge in [0, 0.05) is 12.6 Å². The number of amides is 1. The van der Waals surface area contributed by atoms with E-state index < -0.39 is 6.04 Å². The first kappa shape index (κ1) is 13.1. The molecule has 0 aliphatic heterocycles. The van der Waals surface area contributed by atoms with Gasteiger partial charge in [-0.15, -0.1) is 0 Å². The quantitative estimate of drug-likeness (QED) is 0.816. The summed E-state index contributed by atoms with van der Waals surface area (Å²) in [6, 6.07) is 7.34. The van der Waals surface area contributed by atoms with Gasteiger partial charge in [0.25, 0.3) is 0 Å². The first-order valence-electron chi connectivity index (χ1n) is 6.37. The molecule has 2 rings (SSSR count). The number of benzene rings is 1. The zero-order valence-electron chi connectivity index (χ0n) is 10.7. The van der Waals surface area contributed by atoms with E-state index in [0.717, 1.165) is 24.0 Å². The van der Waals surface area contributed by atoms with Crippen LogP contribution in [0.3, 0.4) is 0 Å². The Labute approximate surface area is 107 Å². The molecule has 4 nitrogen and oxygen atoms in total. The first-order chi connectivity index (χ1) is 8.63. The fourth-order valence-electron chi connectivity index (χ4n) is 2.06. The van der Waals surface area contributed by atoms with E-state index in [2.05, 4.69) is 0 Å². The fraction of sp³-hybridized carbons (Fsp3) is 0.500. The van der Waals surface area contributed by atoms with Crippen molar-refractivity contribution in [3.8, 4) is 0 Å². The van der Waals surface area contributed by atoms with E-state index in [0.29, 0.717) is 6.54 Å². The molecule has 18 heavy (non-hydrogen) atoms. The Morgan fingerprint density at radius 1 is 1.44 bits per heavy atom. The Morgan fingerprint density at radius 2 is 2.06 bits per heavy atom. The highest BCUT2D eigenvalue weighted by Gasteiger charge is 2.34. The fourth-order valence-corrected chi connectivity index (χ4v) is 2.06. The average Bonchev–Trinajstić information content (AvgIpc) is 3.19. The number of carbonyl (C=O) groups is 1. The molecule has 1 amide bonds. The SMILES string of the molecule is Cc1ccc(C(N)C(=O)N(CCO)C2CC2)cc1. The molecule has 0 saturated heterocycles. The van der Waals surface area contributed by atoms with E-state index in [9.17, 15) is 4.79 Å². The molecule has 0 bridgehead atoms. The van der Waals surface area contributed by atoms with Gasteiger partial charge in [-0.3, -0.25) is 4.79 Å². The van der Waals surface area contributed by atoms with E-state index in [1.807, 2.05) is 31.2 Å². The molecule has 1 aliphatic carbocycles. The number of aliphatic hydroxyl groups excluding tert-OH is 1. The van der Waals surface area contributed by atoms with Crippen LogP contribution in [0.25, 0.3) is 0 Å². The van der Waals surface area contributed by atoms with E-state index in [1.165, 1.54) is 0 Å². The third-order valence-electron chi connectivity index (χ3n) is 3.31. The zero-order valence-corrected chi connectivity index (χ0v) is 10.7. The third kappa shape index (κ3) is 2.89. The topological polar surface area (TPSA) is 66.6 Å². The van der Waals surface area contributed by atoms with Gasteiger partial charge < -0.3 is 15.7 Å². The molecule has 1 aliphatic rings. The highest BCUT2D eigenvalue weighted by atomic mass is 16.3. The molecule has 0 aromatic heterocycles. The van der Waals surface area contributed by atoms with Crippen molar-refractivity contribution >= 4 is 5.91 Å². The van der Waals surface area contributed by atoms with Crippen LogP contribution in [-0.2, 0) is 4.79 Å². The summed E-state index contributed by atoms with van der Waals surface area (Å²) < 4.78 is 0. The molecule has 0 heterocycles. The van der Waals surface area contributed by atoms with Crippen LogP contribution < -0.4 is 5.73 Å². The normalized spacial score (nSPS) is 16.4. The molecule has 1 fully saturated rings. The van der Waals surface area contributed by atoms with Crippen LogP contribution in [0.15, 0.2) is 24.3 Å². The number of nitrogens with zero attached hydrogens (tertiary/aromatic N) is 1. The van der Waals surface area contributed by atoms with Gasteiger partial charge in [-0.25, -0.2) is 0 Å². The minimum absolute atomic E-state index is 0.0111. The predicted molar refractivity (Wildman–Crippen MR) is 69.9 cm³/mol. The van der Waals surface area contributed by atoms with Gasteiger partial charge in [-0.05, 0) is 25.3 Å². The van der Waals surface area contributed by atoms with E-state index >= 15 is 0 Å². The second kappa shape index (κ2) is 5.50. The lowest BCUT2D eigenvalue weighted by molar-refractivity contribution is -0.133. The number of hydrogen-bond donors (Lipinski definition) is 2. The number of aliphatic hydroxyl groups is 1. The summed E-state index contributed by atoms with van der Waals surface area (Å²) in [6.45, 7) is 2.37. The minimum atomic E-state index is -0.627. The maximum atomic E-state index is 12.3. The lowest BCUT2D eigenvalue weighted by Crippen LogP contribution is -2.41. The summed E-state index contributed by atoms with van der Waals surface area (Å²) in [4.78, 5) is 14.0. The van der Waals surface area contributed by atoms with E-state index in [1.54, 1.807) is 4.90 Å². The van der Waals surface area contributed by atoms with Crippen LogP contribution in [0.2, 0.25) is 0 Å². The Morgan fingerprint density at radius 3 is 2.56 bits per heavy atom. The Kier molecular flexibility index (Phi) is 3.99. The molecule has 1 aromatic carbocycles. The molecule has 0 spiro atoms. The molecule has 98 valence electrons. The lowest BCUT2D eigenvalue weighted by Gasteiger charge is -2.25. The molecule has 1 unspecified atom stereocenters. The summed E-state index contributed by atoms with van der Waals surface area (Å²) in [7, 11) is 0. The monoisotopic (exact) mass is 248 g/mol. The van der Waals surface area contributed by atoms with Crippen LogP contribution >= 0.6 is 0 Å². The number of aryl methyl sites for hydroxylation is 1. The Hall–Kier alpha value is -1.39.